The van der Waals surface area contributed by atoms with Crippen molar-refractivity contribution in [2.45, 2.75) is 142 Å². The summed E-state index contributed by atoms with van der Waals surface area (Å²) in [5.74, 6) is 0. The van der Waals surface area contributed by atoms with E-state index in [1.54, 1.807) is 0 Å². The zero-order valence-electron chi connectivity index (χ0n) is 27.4. The van der Waals surface area contributed by atoms with Gasteiger partial charge in [-0.1, -0.05) is 116 Å². The minimum atomic E-state index is -1.73. The molecule has 212 valence electrons. The van der Waals surface area contributed by atoms with E-state index in [0.29, 0.717) is 33.2 Å². The summed E-state index contributed by atoms with van der Waals surface area (Å²) >= 11 is 0. The van der Waals surface area contributed by atoms with Gasteiger partial charge in [-0.2, -0.15) is 0 Å². The van der Waals surface area contributed by atoms with E-state index in [2.05, 4.69) is 83.1 Å². The fourth-order valence-corrected chi connectivity index (χ4v) is 13.0. The fourth-order valence-electron chi connectivity index (χ4n) is 5.02. The maximum absolute atomic E-state index is 8.42. The summed E-state index contributed by atoms with van der Waals surface area (Å²) in [7, 11) is -3.46. The predicted octanol–water partition coefficient (Wildman–Crippen LogP) is 10.2. The molecule has 2 saturated heterocycles. The SMILES string of the molecule is C1CCOC1.C1CCOC1.CC(C)[Si]([NH-])(C(C)C)C(C)C.CC(C)[Si]([NH-])(C(C)C)C(C)C.[CH3-].[CH3-].[Mg+2].[Mg+2]. The van der Waals surface area contributed by atoms with Gasteiger partial charge in [0.05, 0.1) is 0 Å². The Bertz CT molecular complexity index is 346. The van der Waals surface area contributed by atoms with Crippen LogP contribution in [0.4, 0.5) is 0 Å². The van der Waals surface area contributed by atoms with Crippen LogP contribution < -0.4 is 0 Å². The van der Waals surface area contributed by atoms with Crippen molar-refractivity contribution < 1.29 is 9.47 Å². The Kier molecular flexibility index (Phi) is 38.0. The molecule has 0 aromatic rings. The van der Waals surface area contributed by atoms with Gasteiger partial charge >= 0.3 is 46.1 Å². The maximum atomic E-state index is 8.42. The van der Waals surface area contributed by atoms with Crippen LogP contribution in [-0.2, 0) is 9.47 Å². The molecule has 8 heteroatoms. The Hall–Kier alpha value is 1.81. The van der Waals surface area contributed by atoms with Crippen molar-refractivity contribution in [1.82, 2.24) is 0 Å². The number of rotatable bonds is 6. The summed E-state index contributed by atoms with van der Waals surface area (Å²) in [4.78, 5) is 0. The number of nitrogens with one attached hydrogen (secondary N) is 2. The van der Waals surface area contributed by atoms with Crippen molar-refractivity contribution in [2.24, 2.45) is 0 Å². The van der Waals surface area contributed by atoms with Crippen LogP contribution in [0.3, 0.4) is 0 Å². The van der Waals surface area contributed by atoms with Gasteiger partial charge in [0.2, 0.25) is 0 Å². The van der Waals surface area contributed by atoms with Gasteiger partial charge in [-0.25, -0.2) is 0 Å². The molecule has 2 heterocycles. The zero-order chi connectivity index (χ0) is 25.5. The summed E-state index contributed by atoms with van der Waals surface area (Å²) in [5.41, 5.74) is 3.51. The average molecular weight is 568 g/mol. The van der Waals surface area contributed by atoms with Crippen molar-refractivity contribution >= 4 is 62.6 Å². The molecule has 36 heavy (non-hydrogen) atoms. The van der Waals surface area contributed by atoms with Gasteiger partial charge in [0.15, 0.2) is 0 Å². The van der Waals surface area contributed by atoms with E-state index in [0.717, 1.165) is 26.4 Å². The average Bonchev–Trinajstić information content (AvgIpc) is 3.44. The standard InChI is InChI=1S/2C9H22NSi.2C4H8O.2CH3.2Mg/c2*1-7(2)11(10,8(3)4)9(5)6;2*1-2-4-5-3-1;;;;/h2*7-10H,1-6H3;2*1-4H2;2*1H3;;/q2*-1;;;2*-1;2*+2. The van der Waals surface area contributed by atoms with Crippen LogP contribution in [0.2, 0.25) is 33.2 Å². The first-order valence-electron chi connectivity index (χ1n) is 13.3. The monoisotopic (exact) mass is 566 g/mol. The quantitative estimate of drug-likeness (QED) is 0.237. The van der Waals surface area contributed by atoms with Gasteiger partial charge in [-0.05, 0) is 42.2 Å². The molecule has 0 aromatic heterocycles. The van der Waals surface area contributed by atoms with Crippen molar-refractivity contribution in [1.29, 1.82) is 0 Å². The van der Waals surface area contributed by atoms with Gasteiger partial charge in [0.1, 0.15) is 0 Å². The minimum Gasteiger partial charge on any atom is -0.679 e. The molecule has 2 aliphatic rings. The van der Waals surface area contributed by atoms with Gasteiger partial charge in [-0.3, -0.25) is 0 Å². The Morgan fingerprint density at radius 1 is 0.417 bits per heavy atom. The molecule has 2 N–H and O–H groups in total. The molecule has 0 spiro atoms. The first-order chi connectivity index (χ1) is 14.7. The Balaban J connectivity index is -0.0000000842. The first-order valence-corrected chi connectivity index (χ1v) is 17.8. The van der Waals surface area contributed by atoms with Crippen LogP contribution in [0.5, 0.6) is 0 Å². The van der Waals surface area contributed by atoms with Crippen molar-refractivity contribution in [3.05, 3.63) is 25.7 Å². The third-order valence-electron chi connectivity index (χ3n) is 7.39. The van der Waals surface area contributed by atoms with Gasteiger partial charge < -0.3 is 35.1 Å². The molecule has 2 fully saturated rings. The second kappa shape index (κ2) is 27.0. The van der Waals surface area contributed by atoms with Crippen LogP contribution in [0, 0.1) is 14.9 Å². The van der Waals surface area contributed by atoms with E-state index < -0.39 is 16.5 Å². The van der Waals surface area contributed by atoms with E-state index >= 15 is 0 Å². The normalized spacial score (nSPS) is 15.0. The van der Waals surface area contributed by atoms with Crippen molar-refractivity contribution in [3.8, 4) is 0 Å². The Morgan fingerprint density at radius 3 is 0.583 bits per heavy atom. The first kappa shape index (κ1) is 50.6. The Labute approximate surface area is 264 Å². The molecular formula is C28H66Mg2N2O2Si2. The third-order valence-corrected chi connectivity index (χ3v) is 18.9. The molecular weight excluding hydrogens is 501 g/mol. The molecule has 2 rings (SSSR count). The molecule has 0 atom stereocenters. The second-order valence-corrected chi connectivity index (χ2v) is 22.1. The smallest absolute Gasteiger partial charge is 0.679 e. The van der Waals surface area contributed by atoms with E-state index in [1.807, 2.05) is 0 Å². The molecule has 0 amide bonds. The summed E-state index contributed by atoms with van der Waals surface area (Å²) in [6.45, 7) is 30.5. The molecule has 4 nitrogen and oxygen atoms in total. The summed E-state index contributed by atoms with van der Waals surface area (Å²) in [6.07, 6.45) is 5.11. The van der Waals surface area contributed by atoms with Crippen LogP contribution in [0.25, 0.3) is 10.8 Å². The van der Waals surface area contributed by atoms with Crippen LogP contribution in [-0.4, -0.2) is 89.0 Å². The summed E-state index contributed by atoms with van der Waals surface area (Å²) < 4.78 is 9.89. The second-order valence-electron chi connectivity index (χ2n) is 11.4. The number of hydrogen-bond donors (Lipinski definition) is 0. The summed E-state index contributed by atoms with van der Waals surface area (Å²) in [5, 5.41) is 16.8. The van der Waals surface area contributed by atoms with Gasteiger partial charge in [-0.15, -0.1) is 0 Å². The van der Waals surface area contributed by atoms with Gasteiger partial charge in [0.25, 0.3) is 0 Å². The third kappa shape index (κ3) is 19.0. The van der Waals surface area contributed by atoms with Crippen molar-refractivity contribution in [3.63, 3.8) is 0 Å². The molecule has 2 aliphatic heterocycles. The van der Waals surface area contributed by atoms with Crippen LogP contribution in [0.1, 0.15) is 109 Å². The largest absolute Gasteiger partial charge is 2.00 e. The molecule has 0 aliphatic carbocycles. The predicted molar refractivity (Wildman–Crippen MR) is 175 cm³/mol. The minimum absolute atomic E-state index is 0. The van der Waals surface area contributed by atoms with Crippen LogP contribution >= 0.6 is 0 Å². The number of ether oxygens (including phenoxy) is 2. The summed E-state index contributed by atoms with van der Waals surface area (Å²) in [6, 6.07) is 0. The number of hydrogen-bond acceptors (Lipinski definition) is 2. The molecule has 0 saturated carbocycles. The Morgan fingerprint density at radius 2 is 0.556 bits per heavy atom. The van der Waals surface area contributed by atoms with E-state index in [1.165, 1.54) is 25.7 Å². The molecule has 0 aromatic carbocycles. The van der Waals surface area contributed by atoms with E-state index in [4.69, 9.17) is 20.3 Å². The zero-order valence-corrected chi connectivity index (χ0v) is 32.2. The molecule has 0 unspecified atom stereocenters. The van der Waals surface area contributed by atoms with E-state index in [9.17, 15) is 0 Å². The van der Waals surface area contributed by atoms with Gasteiger partial charge in [0, 0.05) is 26.4 Å². The maximum Gasteiger partial charge on any atom is 2.00 e. The van der Waals surface area contributed by atoms with Crippen molar-refractivity contribution in [2.75, 3.05) is 26.4 Å². The van der Waals surface area contributed by atoms with Crippen LogP contribution in [0.15, 0.2) is 0 Å². The molecule has 0 radical (unpaired) electrons. The topological polar surface area (TPSA) is 66.1 Å². The van der Waals surface area contributed by atoms with E-state index in [-0.39, 0.29) is 61.0 Å². The molecule has 0 bridgehead atoms. The fraction of sp³-hybridized carbons (Fsp3) is 0.929.